The lowest BCUT2D eigenvalue weighted by Gasteiger charge is -2.17. The molecule has 0 amide bonds. The summed E-state index contributed by atoms with van der Waals surface area (Å²) in [7, 11) is -3.61. The van der Waals surface area contributed by atoms with Crippen molar-refractivity contribution in [3.05, 3.63) is 48.2 Å². The second-order valence-corrected chi connectivity index (χ2v) is 8.37. The Morgan fingerprint density at radius 3 is 2.44 bits per heavy atom. The monoisotopic (exact) mass is 359 g/mol. The Morgan fingerprint density at radius 1 is 1.04 bits per heavy atom. The van der Waals surface area contributed by atoms with Crippen molar-refractivity contribution in [1.29, 1.82) is 0 Å². The number of anilines is 2. The molecule has 1 aromatic carbocycles. The Hall–Kier alpha value is -2.08. The van der Waals surface area contributed by atoms with Crippen molar-refractivity contribution >= 4 is 21.5 Å². The van der Waals surface area contributed by atoms with Crippen molar-refractivity contribution in [2.24, 2.45) is 0 Å². The van der Waals surface area contributed by atoms with Gasteiger partial charge in [0.25, 0.3) is 10.0 Å². The fourth-order valence-corrected chi connectivity index (χ4v) is 4.29. The number of benzene rings is 1. The highest BCUT2D eigenvalue weighted by Crippen LogP contribution is 2.22. The number of hydrogen-bond acceptors (Lipinski definition) is 4. The van der Waals surface area contributed by atoms with Gasteiger partial charge in [-0.2, -0.15) is 0 Å². The molecule has 0 bridgehead atoms. The molecule has 6 heteroatoms. The van der Waals surface area contributed by atoms with Gasteiger partial charge in [-0.25, -0.2) is 13.4 Å². The van der Waals surface area contributed by atoms with E-state index in [1.165, 1.54) is 38.5 Å². The molecule has 0 spiro atoms. The third kappa shape index (κ3) is 4.95. The van der Waals surface area contributed by atoms with Crippen molar-refractivity contribution in [3.8, 4) is 0 Å². The van der Waals surface area contributed by atoms with Crippen molar-refractivity contribution in [2.45, 2.75) is 56.4 Å². The van der Waals surface area contributed by atoms with Crippen molar-refractivity contribution in [1.82, 2.24) is 4.98 Å². The molecule has 0 saturated heterocycles. The predicted molar refractivity (Wildman–Crippen MR) is 101 cm³/mol. The highest BCUT2D eigenvalue weighted by atomic mass is 32.2. The SMILES string of the molecule is Cc1cccc(S(=O)(=O)Nc2ccc(NC3CCCCCC3)cn2)c1. The molecule has 0 unspecified atom stereocenters. The number of hydrogen-bond donors (Lipinski definition) is 2. The Morgan fingerprint density at radius 2 is 1.80 bits per heavy atom. The first-order valence-electron chi connectivity index (χ1n) is 8.85. The average molecular weight is 359 g/mol. The molecule has 25 heavy (non-hydrogen) atoms. The molecule has 2 N–H and O–H groups in total. The zero-order valence-corrected chi connectivity index (χ0v) is 15.3. The molecule has 1 aromatic heterocycles. The molecule has 1 saturated carbocycles. The number of pyridine rings is 1. The summed E-state index contributed by atoms with van der Waals surface area (Å²) in [5.74, 6) is 0.327. The van der Waals surface area contributed by atoms with Gasteiger partial charge in [0.15, 0.2) is 0 Å². The van der Waals surface area contributed by atoms with E-state index in [2.05, 4.69) is 15.0 Å². The maximum absolute atomic E-state index is 12.4. The first-order chi connectivity index (χ1) is 12.0. The van der Waals surface area contributed by atoms with Crippen LogP contribution in [0.2, 0.25) is 0 Å². The third-order valence-corrected chi connectivity index (χ3v) is 5.88. The highest BCUT2D eigenvalue weighted by molar-refractivity contribution is 7.92. The minimum absolute atomic E-state index is 0.245. The van der Waals surface area contributed by atoms with E-state index in [0.29, 0.717) is 11.9 Å². The van der Waals surface area contributed by atoms with Crippen molar-refractivity contribution in [2.75, 3.05) is 10.0 Å². The van der Waals surface area contributed by atoms with E-state index in [0.717, 1.165) is 11.3 Å². The minimum Gasteiger partial charge on any atom is -0.381 e. The maximum atomic E-state index is 12.4. The van der Waals surface area contributed by atoms with Crippen LogP contribution in [0.5, 0.6) is 0 Å². The fraction of sp³-hybridized carbons (Fsp3) is 0.421. The number of nitrogens with zero attached hydrogens (tertiary/aromatic N) is 1. The Labute approximate surface area is 149 Å². The van der Waals surface area contributed by atoms with Crippen LogP contribution in [0.1, 0.15) is 44.1 Å². The summed E-state index contributed by atoms with van der Waals surface area (Å²) in [4.78, 5) is 4.49. The van der Waals surface area contributed by atoms with Gasteiger partial charge in [0.2, 0.25) is 0 Å². The zero-order chi connectivity index (χ0) is 17.7. The average Bonchev–Trinajstić information content (AvgIpc) is 2.85. The van der Waals surface area contributed by atoms with Gasteiger partial charge < -0.3 is 5.32 Å². The predicted octanol–water partition coefficient (Wildman–Crippen LogP) is 4.33. The first-order valence-corrected chi connectivity index (χ1v) is 10.3. The molecule has 0 atom stereocenters. The normalized spacial score (nSPS) is 16.2. The van der Waals surface area contributed by atoms with E-state index in [9.17, 15) is 8.42 Å². The number of aryl methyl sites for hydroxylation is 1. The third-order valence-electron chi connectivity index (χ3n) is 4.53. The molecule has 1 heterocycles. The van der Waals surface area contributed by atoms with E-state index in [1.807, 2.05) is 19.1 Å². The first kappa shape index (κ1) is 17.7. The van der Waals surface area contributed by atoms with Crippen LogP contribution in [0.15, 0.2) is 47.5 Å². The molecule has 3 rings (SSSR count). The van der Waals surface area contributed by atoms with Crippen LogP contribution in [0.4, 0.5) is 11.5 Å². The van der Waals surface area contributed by atoms with Gasteiger partial charge in [-0.15, -0.1) is 0 Å². The van der Waals surface area contributed by atoms with Gasteiger partial charge in [-0.05, 0) is 49.6 Å². The van der Waals surface area contributed by atoms with Gasteiger partial charge >= 0.3 is 0 Å². The van der Waals surface area contributed by atoms with Crippen LogP contribution in [-0.2, 0) is 10.0 Å². The molecule has 1 fully saturated rings. The quantitative estimate of drug-likeness (QED) is 0.780. The summed E-state index contributed by atoms with van der Waals surface area (Å²) in [6, 6.07) is 10.9. The number of nitrogens with one attached hydrogen (secondary N) is 2. The van der Waals surface area contributed by atoms with E-state index < -0.39 is 10.0 Å². The van der Waals surface area contributed by atoms with Gasteiger partial charge in [0, 0.05) is 6.04 Å². The van der Waals surface area contributed by atoms with Crippen molar-refractivity contribution in [3.63, 3.8) is 0 Å². The summed E-state index contributed by atoms with van der Waals surface area (Å²) < 4.78 is 27.4. The lowest BCUT2D eigenvalue weighted by Crippen LogP contribution is -2.18. The summed E-state index contributed by atoms with van der Waals surface area (Å²) in [5.41, 5.74) is 1.84. The van der Waals surface area contributed by atoms with E-state index >= 15 is 0 Å². The number of rotatable bonds is 5. The molecule has 5 nitrogen and oxygen atoms in total. The van der Waals surface area contributed by atoms with E-state index in [1.54, 1.807) is 30.5 Å². The van der Waals surface area contributed by atoms with Gasteiger partial charge in [-0.1, -0.05) is 37.8 Å². The molecule has 134 valence electrons. The topological polar surface area (TPSA) is 71.1 Å². The highest BCUT2D eigenvalue weighted by Gasteiger charge is 2.15. The van der Waals surface area contributed by atoms with Gasteiger partial charge in [0.05, 0.1) is 16.8 Å². The van der Waals surface area contributed by atoms with E-state index in [4.69, 9.17) is 0 Å². The molecular weight excluding hydrogens is 334 g/mol. The summed E-state index contributed by atoms with van der Waals surface area (Å²) in [5, 5.41) is 3.51. The molecule has 1 aliphatic carbocycles. The van der Waals surface area contributed by atoms with Gasteiger partial charge in [-0.3, -0.25) is 4.72 Å². The minimum atomic E-state index is -3.61. The Balaban J connectivity index is 1.66. The summed E-state index contributed by atoms with van der Waals surface area (Å²) >= 11 is 0. The fourth-order valence-electron chi connectivity index (χ4n) is 3.18. The van der Waals surface area contributed by atoms with Crippen LogP contribution in [-0.4, -0.2) is 19.4 Å². The summed E-state index contributed by atoms with van der Waals surface area (Å²) in [6.45, 7) is 1.87. The largest absolute Gasteiger partial charge is 0.381 e. The second-order valence-electron chi connectivity index (χ2n) is 6.69. The van der Waals surface area contributed by atoms with Crippen LogP contribution in [0, 0.1) is 6.92 Å². The number of aromatic nitrogens is 1. The van der Waals surface area contributed by atoms with Crippen LogP contribution >= 0.6 is 0 Å². The lowest BCUT2D eigenvalue weighted by atomic mass is 10.1. The molecule has 2 aromatic rings. The lowest BCUT2D eigenvalue weighted by molar-refractivity contribution is 0.601. The Bertz CT molecular complexity index is 796. The van der Waals surface area contributed by atoms with Crippen LogP contribution < -0.4 is 10.0 Å². The zero-order valence-electron chi connectivity index (χ0n) is 14.5. The van der Waals surface area contributed by atoms with Crippen molar-refractivity contribution < 1.29 is 8.42 Å². The molecular formula is C19H25N3O2S. The Kier molecular flexibility index (Phi) is 5.58. The molecule has 1 aliphatic rings. The molecule has 0 radical (unpaired) electrons. The van der Waals surface area contributed by atoms with Gasteiger partial charge in [0.1, 0.15) is 5.82 Å². The van der Waals surface area contributed by atoms with Crippen LogP contribution in [0.25, 0.3) is 0 Å². The number of sulfonamides is 1. The standard InChI is InChI=1S/C19H25N3O2S/c1-15-7-6-10-18(13-15)25(23,24)22-19-12-11-17(14-20-19)21-16-8-4-2-3-5-9-16/h6-7,10-14,16,21H,2-5,8-9H2,1H3,(H,20,22). The molecule has 0 aliphatic heterocycles. The smallest absolute Gasteiger partial charge is 0.263 e. The second kappa shape index (κ2) is 7.87. The summed E-state index contributed by atoms with van der Waals surface area (Å²) in [6.07, 6.45) is 9.22. The van der Waals surface area contributed by atoms with E-state index in [-0.39, 0.29) is 4.90 Å². The van der Waals surface area contributed by atoms with Crippen LogP contribution in [0.3, 0.4) is 0 Å². The maximum Gasteiger partial charge on any atom is 0.263 e.